The number of aromatic nitrogens is 2. The minimum Gasteiger partial charge on any atom is -0.377 e. The number of hydrogen-bond donors (Lipinski definition) is 1. The number of hydrogen-bond acceptors (Lipinski definition) is 4. The van der Waals surface area contributed by atoms with E-state index in [4.69, 9.17) is 0 Å². The van der Waals surface area contributed by atoms with Gasteiger partial charge in [0.15, 0.2) is 0 Å². The maximum atomic E-state index is 10.5. The normalized spacial score (nSPS) is 9.00. The Balaban J connectivity index is 2.77. The Kier molecular flexibility index (Phi) is 1.74. The van der Waals surface area contributed by atoms with Crippen molar-refractivity contribution in [3.05, 3.63) is 18.5 Å². The molecule has 0 unspecified atom stereocenters. The van der Waals surface area contributed by atoms with Gasteiger partial charge in [0.25, 0.3) is 0 Å². The average molecular weight is 144 g/mol. The van der Waals surface area contributed by atoms with Crippen LogP contribution in [-0.2, 0) is 4.18 Å². The van der Waals surface area contributed by atoms with Crippen molar-refractivity contribution < 1.29 is 8.98 Å². The van der Waals surface area contributed by atoms with Crippen LogP contribution in [0, 0.1) is 0 Å². The molecule has 1 aromatic rings. The number of nitrogens with zero attached hydrogens (tertiary/aromatic N) is 2. The van der Waals surface area contributed by atoms with E-state index in [0.717, 1.165) is 4.68 Å². The van der Waals surface area contributed by atoms with Gasteiger partial charge in [-0.15, -0.1) is 0 Å². The second kappa shape index (κ2) is 2.54. The third-order valence-corrected chi connectivity index (χ3v) is 0.926. The van der Waals surface area contributed by atoms with Crippen molar-refractivity contribution >= 4 is 19.0 Å². The fourth-order valence-corrected chi connectivity index (χ4v) is 0.502. The lowest BCUT2D eigenvalue weighted by atomic mass is 10.8. The molecule has 5 heteroatoms. The van der Waals surface area contributed by atoms with Crippen molar-refractivity contribution in [2.75, 3.05) is 0 Å². The van der Waals surface area contributed by atoms with E-state index < -0.39 is 6.09 Å². The molecule has 0 bridgehead atoms. The zero-order chi connectivity index (χ0) is 6.69. The first-order valence-corrected chi connectivity index (χ1v) is 2.56. The van der Waals surface area contributed by atoms with E-state index in [1.807, 2.05) is 0 Å². The number of rotatable bonds is 0. The summed E-state index contributed by atoms with van der Waals surface area (Å²) < 4.78 is 5.09. The lowest BCUT2D eigenvalue weighted by Crippen LogP contribution is -2.08. The molecule has 48 valence electrons. The molecule has 1 rings (SSSR count). The predicted octanol–water partition coefficient (Wildman–Crippen LogP) is 0.713. The van der Waals surface area contributed by atoms with Gasteiger partial charge in [0.1, 0.15) is 0 Å². The molecule has 9 heavy (non-hydrogen) atoms. The first-order chi connectivity index (χ1) is 4.34. The van der Waals surface area contributed by atoms with Gasteiger partial charge in [-0.1, -0.05) is 0 Å². The highest BCUT2D eigenvalue weighted by Crippen LogP contribution is 1.89. The minimum atomic E-state index is -0.608. The van der Waals surface area contributed by atoms with Crippen LogP contribution in [0.2, 0.25) is 0 Å². The molecular formula is C4H4N2O2S. The molecular weight excluding hydrogens is 140 g/mol. The predicted molar refractivity (Wildman–Crippen MR) is 33.1 cm³/mol. The molecule has 1 heterocycles. The van der Waals surface area contributed by atoms with E-state index in [1.54, 1.807) is 6.07 Å². The topological polar surface area (TPSA) is 44.1 Å². The number of carbonyl (C=O) groups excluding carboxylic acids is 1. The van der Waals surface area contributed by atoms with E-state index in [-0.39, 0.29) is 0 Å². The van der Waals surface area contributed by atoms with Crippen LogP contribution in [0.3, 0.4) is 0 Å². The summed E-state index contributed by atoms with van der Waals surface area (Å²) in [7, 11) is 0. The molecule has 0 aliphatic rings. The summed E-state index contributed by atoms with van der Waals surface area (Å²) in [6.07, 6.45) is 2.34. The van der Waals surface area contributed by atoms with Crippen LogP contribution in [0.1, 0.15) is 0 Å². The maximum Gasteiger partial charge on any atom is 0.446 e. The molecule has 0 N–H and O–H groups in total. The molecule has 0 spiro atoms. The van der Waals surface area contributed by atoms with Crippen molar-refractivity contribution in [1.82, 2.24) is 9.78 Å². The molecule has 1 aromatic heterocycles. The van der Waals surface area contributed by atoms with Crippen molar-refractivity contribution in [3.63, 3.8) is 0 Å². The third-order valence-electron chi connectivity index (χ3n) is 0.770. The fraction of sp³-hybridized carbons (Fsp3) is 0. The SMILES string of the molecule is O=C(OS)n1cccn1. The molecule has 0 atom stereocenters. The van der Waals surface area contributed by atoms with E-state index in [1.165, 1.54) is 12.4 Å². The third kappa shape index (κ3) is 1.23. The minimum absolute atomic E-state index is 0.608. The zero-order valence-electron chi connectivity index (χ0n) is 4.39. The summed E-state index contributed by atoms with van der Waals surface area (Å²) in [6.45, 7) is 0. The largest absolute Gasteiger partial charge is 0.446 e. The summed E-state index contributed by atoms with van der Waals surface area (Å²) in [5.41, 5.74) is 0. The number of carbonyl (C=O) groups is 1. The highest BCUT2D eigenvalue weighted by atomic mass is 32.1. The quantitative estimate of drug-likeness (QED) is 0.431. The summed E-state index contributed by atoms with van der Waals surface area (Å²) in [6, 6.07) is 1.62. The Morgan fingerprint density at radius 1 is 1.78 bits per heavy atom. The summed E-state index contributed by atoms with van der Waals surface area (Å²) in [4.78, 5) is 10.5. The Labute approximate surface area is 57.0 Å². The standard InChI is InChI=1S/C4H4N2O2S/c7-4(8-9)6-3-1-2-5-6/h1-3,9H. The molecule has 0 saturated heterocycles. The van der Waals surface area contributed by atoms with E-state index in [9.17, 15) is 4.79 Å². The summed E-state index contributed by atoms with van der Waals surface area (Å²) >= 11 is 3.29. The fourth-order valence-electron chi connectivity index (χ4n) is 0.419. The monoisotopic (exact) mass is 144 g/mol. The van der Waals surface area contributed by atoms with Gasteiger partial charge in [0.05, 0.1) is 0 Å². The maximum absolute atomic E-state index is 10.5. The van der Waals surface area contributed by atoms with Crippen LogP contribution in [0.4, 0.5) is 4.79 Å². The van der Waals surface area contributed by atoms with Gasteiger partial charge in [-0.2, -0.15) is 9.78 Å². The Morgan fingerprint density at radius 3 is 3.00 bits per heavy atom. The molecule has 0 aliphatic carbocycles. The second-order valence-electron chi connectivity index (χ2n) is 1.31. The highest BCUT2D eigenvalue weighted by molar-refractivity contribution is 7.75. The van der Waals surface area contributed by atoms with Gasteiger partial charge in [-0.05, 0) is 6.07 Å². The smallest absolute Gasteiger partial charge is 0.377 e. The molecule has 0 amide bonds. The summed E-state index contributed by atoms with van der Waals surface area (Å²) in [5.74, 6) is 0. The Hall–Kier alpha value is -0.970. The Morgan fingerprint density at radius 2 is 2.56 bits per heavy atom. The van der Waals surface area contributed by atoms with Gasteiger partial charge >= 0.3 is 6.09 Å². The van der Waals surface area contributed by atoms with Crippen LogP contribution < -0.4 is 0 Å². The first kappa shape index (κ1) is 6.15. The van der Waals surface area contributed by atoms with Crippen molar-refractivity contribution in [1.29, 1.82) is 0 Å². The lowest BCUT2D eigenvalue weighted by molar-refractivity contribution is 0.207. The van der Waals surface area contributed by atoms with Gasteiger partial charge in [0, 0.05) is 25.3 Å². The van der Waals surface area contributed by atoms with Crippen LogP contribution in [-0.4, -0.2) is 15.9 Å². The average Bonchev–Trinajstić information content (AvgIpc) is 2.37. The van der Waals surface area contributed by atoms with Crippen molar-refractivity contribution in [2.24, 2.45) is 0 Å². The summed E-state index contributed by atoms with van der Waals surface area (Å²) in [5, 5.41) is 3.58. The molecule has 0 radical (unpaired) electrons. The molecule has 4 nitrogen and oxygen atoms in total. The van der Waals surface area contributed by atoms with Crippen LogP contribution in [0.25, 0.3) is 0 Å². The van der Waals surface area contributed by atoms with Crippen LogP contribution in [0.5, 0.6) is 0 Å². The van der Waals surface area contributed by atoms with E-state index in [2.05, 4.69) is 22.2 Å². The molecule has 0 saturated carbocycles. The van der Waals surface area contributed by atoms with Crippen LogP contribution in [0.15, 0.2) is 18.5 Å². The van der Waals surface area contributed by atoms with Gasteiger partial charge < -0.3 is 4.18 Å². The van der Waals surface area contributed by atoms with Crippen LogP contribution >= 0.6 is 12.9 Å². The first-order valence-electron chi connectivity index (χ1n) is 2.20. The Bertz CT molecular complexity index is 196. The lowest BCUT2D eigenvalue weighted by Gasteiger charge is -1.92. The van der Waals surface area contributed by atoms with E-state index in [0.29, 0.717) is 0 Å². The van der Waals surface area contributed by atoms with Crippen molar-refractivity contribution in [3.8, 4) is 0 Å². The second-order valence-corrected chi connectivity index (χ2v) is 1.49. The zero-order valence-corrected chi connectivity index (χ0v) is 5.28. The van der Waals surface area contributed by atoms with E-state index >= 15 is 0 Å². The highest BCUT2D eigenvalue weighted by Gasteiger charge is 2.00. The molecule has 0 aromatic carbocycles. The van der Waals surface area contributed by atoms with Gasteiger partial charge in [-0.25, -0.2) is 4.79 Å². The molecule has 0 fully saturated rings. The molecule has 0 aliphatic heterocycles. The van der Waals surface area contributed by atoms with Gasteiger partial charge in [0.2, 0.25) is 0 Å². The number of thiol groups is 1. The van der Waals surface area contributed by atoms with Crippen molar-refractivity contribution in [2.45, 2.75) is 0 Å². The van der Waals surface area contributed by atoms with Gasteiger partial charge in [-0.3, -0.25) is 0 Å².